The Balaban J connectivity index is 2.54. The Morgan fingerprint density at radius 1 is 1.36 bits per heavy atom. The zero-order valence-electron chi connectivity index (χ0n) is 7.56. The van der Waals surface area contributed by atoms with Crippen LogP contribution in [0, 0.1) is 0 Å². The third kappa shape index (κ3) is 1.71. The lowest BCUT2D eigenvalue weighted by molar-refractivity contribution is 0.775. The van der Waals surface area contributed by atoms with Crippen molar-refractivity contribution in [3.63, 3.8) is 0 Å². The summed E-state index contributed by atoms with van der Waals surface area (Å²) in [5, 5.41) is 4.08. The number of hydrogen-bond donors (Lipinski definition) is 2. The van der Waals surface area contributed by atoms with Gasteiger partial charge in [-0.15, -0.1) is 0 Å². The van der Waals surface area contributed by atoms with Crippen LogP contribution in [0.5, 0.6) is 0 Å². The maximum Gasteiger partial charge on any atom is 0.121 e. The standard InChI is InChI=1S/C9H9Cl2N3/c1-12-4-9-13-7-2-5(10)6(11)3-8(7)14-9/h2-3,12H,4H2,1H3,(H,13,14). The minimum absolute atomic E-state index is 0.529. The van der Waals surface area contributed by atoms with Crippen molar-refractivity contribution in [2.45, 2.75) is 6.54 Å². The number of halogens is 2. The number of benzene rings is 1. The molecule has 0 aliphatic heterocycles. The van der Waals surface area contributed by atoms with E-state index < -0.39 is 0 Å². The number of fused-ring (bicyclic) bond motifs is 1. The molecule has 0 aliphatic rings. The Bertz CT molecular complexity index is 425. The second kappa shape index (κ2) is 3.77. The Morgan fingerprint density at radius 2 is 2.07 bits per heavy atom. The molecule has 0 spiro atoms. The number of H-pyrrole nitrogens is 1. The van der Waals surface area contributed by atoms with Crippen LogP contribution >= 0.6 is 23.2 Å². The molecule has 2 N–H and O–H groups in total. The highest BCUT2D eigenvalue weighted by atomic mass is 35.5. The SMILES string of the molecule is CNCc1nc2cc(Cl)c(Cl)cc2[nH]1. The predicted molar refractivity (Wildman–Crippen MR) is 58.9 cm³/mol. The molecule has 0 saturated heterocycles. The number of hydrogen-bond acceptors (Lipinski definition) is 2. The van der Waals surface area contributed by atoms with Crippen LogP contribution in [-0.2, 0) is 6.54 Å². The molecule has 74 valence electrons. The zero-order chi connectivity index (χ0) is 10.1. The molecule has 0 aliphatic carbocycles. The third-order valence-corrected chi connectivity index (χ3v) is 2.64. The number of nitrogens with one attached hydrogen (secondary N) is 2. The van der Waals surface area contributed by atoms with Crippen LogP contribution in [0.2, 0.25) is 10.0 Å². The number of rotatable bonds is 2. The molecule has 2 rings (SSSR count). The molecule has 2 aromatic rings. The molecule has 3 nitrogen and oxygen atoms in total. The fourth-order valence-corrected chi connectivity index (χ4v) is 1.63. The van der Waals surface area contributed by atoms with Crippen molar-refractivity contribution in [1.29, 1.82) is 0 Å². The van der Waals surface area contributed by atoms with Gasteiger partial charge in [-0.3, -0.25) is 0 Å². The Kier molecular flexibility index (Phi) is 2.63. The van der Waals surface area contributed by atoms with Crippen molar-refractivity contribution in [3.05, 3.63) is 28.0 Å². The monoisotopic (exact) mass is 229 g/mol. The number of imidazole rings is 1. The van der Waals surface area contributed by atoms with Crippen LogP contribution in [-0.4, -0.2) is 17.0 Å². The van der Waals surface area contributed by atoms with E-state index in [0.717, 1.165) is 16.9 Å². The van der Waals surface area contributed by atoms with E-state index in [4.69, 9.17) is 23.2 Å². The molecule has 1 aromatic heterocycles. The predicted octanol–water partition coefficient (Wildman–Crippen LogP) is 2.59. The number of nitrogens with zero attached hydrogens (tertiary/aromatic N) is 1. The first kappa shape index (κ1) is 9.77. The molecule has 0 radical (unpaired) electrons. The van der Waals surface area contributed by atoms with E-state index in [1.54, 1.807) is 12.1 Å². The summed E-state index contributed by atoms with van der Waals surface area (Å²) in [4.78, 5) is 7.49. The highest BCUT2D eigenvalue weighted by Gasteiger charge is 2.05. The zero-order valence-corrected chi connectivity index (χ0v) is 9.08. The lowest BCUT2D eigenvalue weighted by atomic mass is 10.3. The van der Waals surface area contributed by atoms with E-state index in [-0.39, 0.29) is 0 Å². The first-order valence-corrected chi connectivity index (χ1v) is 4.94. The second-order valence-corrected chi connectivity index (χ2v) is 3.81. The summed E-state index contributed by atoms with van der Waals surface area (Å²) in [6.45, 7) is 0.698. The van der Waals surface area contributed by atoms with E-state index in [1.807, 2.05) is 7.05 Å². The first-order chi connectivity index (χ1) is 6.70. The maximum absolute atomic E-state index is 5.88. The van der Waals surface area contributed by atoms with Gasteiger partial charge < -0.3 is 10.3 Å². The van der Waals surface area contributed by atoms with Gasteiger partial charge in [-0.2, -0.15) is 0 Å². The average molecular weight is 230 g/mol. The lowest BCUT2D eigenvalue weighted by Crippen LogP contribution is -2.06. The Hall–Kier alpha value is -0.770. The molecular formula is C9H9Cl2N3. The van der Waals surface area contributed by atoms with Crippen molar-refractivity contribution in [2.24, 2.45) is 0 Å². The number of aromatic amines is 1. The average Bonchev–Trinajstić information content (AvgIpc) is 2.48. The molecule has 0 saturated carbocycles. The van der Waals surface area contributed by atoms with Crippen LogP contribution < -0.4 is 5.32 Å². The summed E-state index contributed by atoms with van der Waals surface area (Å²) in [6, 6.07) is 3.54. The Morgan fingerprint density at radius 3 is 2.79 bits per heavy atom. The minimum Gasteiger partial charge on any atom is -0.341 e. The molecule has 0 amide bonds. The first-order valence-electron chi connectivity index (χ1n) is 4.19. The molecule has 0 unspecified atom stereocenters. The molecule has 0 bridgehead atoms. The summed E-state index contributed by atoms with van der Waals surface area (Å²) in [5.41, 5.74) is 1.74. The van der Waals surface area contributed by atoms with Crippen LogP contribution in [0.1, 0.15) is 5.82 Å². The molecule has 1 heterocycles. The van der Waals surface area contributed by atoms with E-state index in [9.17, 15) is 0 Å². The quantitative estimate of drug-likeness (QED) is 0.832. The largest absolute Gasteiger partial charge is 0.341 e. The molecular weight excluding hydrogens is 221 g/mol. The van der Waals surface area contributed by atoms with Gasteiger partial charge >= 0.3 is 0 Å². The summed E-state index contributed by atoms with van der Waals surface area (Å²) in [5.74, 6) is 0.876. The van der Waals surface area contributed by atoms with Crippen molar-refractivity contribution in [2.75, 3.05) is 7.05 Å². The highest BCUT2D eigenvalue weighted by Crippen LogP contribution is 2.26. The van der Waals surface area contributed by atoms with Gasteiger partial charge in [0.15, 0.2) is 0 Å². The molecule has 1 aromatic carbocycles. The van der Waals surface area contributed by atoms with Gasteiger partial charge in [0.2, 0.25) is 0 Å². The van der Waals surface area contributed by atoms with Crippen LogP contribution in [0.3, 0.4) is 0 Å². The van der Waals surface area contributed by atoms with E-state index in [0.29, 0.717) is 16.6 Å². The van der Waals surface area contributed by atoms with Gasteiger partial charge in [0.05, 0.1) is 27.6 Å². The van der Waals surface area contributed by atoms with Crippen molar-refractivity contribution < 1.29 is 0 Å². The molecule has 0 atom stereocenters. The lowest BCUT2D eigenvalue weighted by Gasteiger charge is -1.93. The normalized spacial score (nSPS) is 11.1. The summed E-state index contributed by atoms with van der Waals surface area (Å²) < 4.78 is 0. The smallest absolute Gasteiger partial charge is 0.121 e. The fraction of sp³-hybridized carbons (Fsp3) is 0.222. The molecule has 5 heteroatoms. The van der Waals surface area contributed by atoms with Gasteiger partial charge in [0.1, 0.15) is 5.82 Å². The summed E-state index contributed by atoms with van der Waals surface area (Å²) >= 11 is 11.8. The molecule has 0 fully saturated rings. The summed E-state index contributed by atoms with van der Waals surface area (Å²) in [6.07, 6.45) is 0. The van der Waals surface area contributed by atoms with E-state index in [2.05, 4.69) is 15.3 Å². The van der Waals surface area contributed by atoms with Crippen molar-refractivity contribution >= 4 is 34.2 Å². The van der Waals surface area contributed by atoms with E-state index in [1.165, 1.54) is 0 Å². The highest BCUT2D eigenvalue weighted by molar-refractivity contribution is 6.42. The van der Waals surface area contributed by atoms with Gasteiger partial charge in [0, 0.05) is 0 Å². The van der Waals surface area contributed by atoms with Gasteiger partial charge in [-0.05, 0) is 19.2 Å². The van der Waals surface area contributed by atoms with Crippen LogP contribution in [0.4, 0.5) is 0 Å². The third-order valence-electron chi connectivity index (χ3n) is 1.92. The Labute approximate surface area is 91.4 Å². The van der Waals surface area contributed by atoms with Crippen LogP contribution in [0.25, 0.3) is 11.0 Å². The maximum atomic E-state index is 5.88. The van der Waals surface area contributed by atoms with Crippen molar-refractivity contribution in [3.8, 4) is 0 Å². The fourth-order valence-electron chi connectivity index (χ4n) is 1.31. The molecule has 14 heavy (non-hydrogen) atoms. The van der Waals surface area contributed by atoms with E-state index >= 15 is 0 Å². The van der Waals surface area contributed by atoms with Gasteiger partial charge in [-0.1, -0.05) is 23.2 Å². The second-order valence-electron chi connectivity index (χ2n) is 3.00. The van der Waals surface area contributed by atoms with Gasteiger partial charge in [-0.25, -0.2) is 4.98 Å². The minimum atomic E-state index is 0.529. The topological polar surface area (TPSA) is 40.7 Å². The summed E-state index contributed by atoms with van der Waals surface area (Å²) in [7, 11) is 1.87. The van der Waals surface area contributed by atoms with Crippen LogP contribution in [0.15, 0.2) is 12.1 Å². The van der Waals surface area contributed by atoms with Crippen molar-refractivity contribution in [1.82, 2.24) is 15.3 Å². The number of aromatic nitrogens is 2. The van der Waals surface area contributed by atoms with Gasteiger partial charge in [0.25, 0.3) is 0 Å².